The number of carbonyl (C=O) groups is 1. The number of benzene rings is 2. The van der Waals surface area contributed by atoms with Crippen LogP contribution in [0.25, 0.3) is 0 Å². The average molecular weight is 391 g/mol. The highest BCUT2D eigenvalue weighted by atomic mass is 127. The second-order valence-electron chi connectivity index (χ2n) is 4.08. The summed E-state index contributed by atoms with van der Waals surface area (Å²) in [7, 11) is 0. The van der Waals surface area contributed by atoms with Gasteiger partial charge in [0.15, 0.2) is 0 Å². The van der Waals surface area contributed by atoms with Gasteiger partial charge in [0.1, 0.15) is 17.5 Å². The fourth-order valence-corrected chi connectivity index (χ4v) is 2.24. The van der Waals surface area contributed by atoms with Crippen molar-refractivity contribution in [1.29, 1.82) is 0 Å². The van der Waals surface area contributed by atoms with E-state index in [4.69, 9.17) is 0 Å². The molecule has 0 unspecified atom stereocenters. The molecule has 0 saturated heterocycles. The van der Waals surface area contributed by atoms with Gasteiger partial charge in [0, 0.05) is 9.64 Å². The van der Waals surface area contributed by atoms with Gasteiger partial charge in [0.25, 0.3) is 0 Å². The van der Waals surface area contributed by atoms with Gasteiger partial charge >= 0.3 is 0 Å². The molecule has 0 aromatic heterocycles. The smallest absolute Gasteiger partial charge is 0.228 e. The lowest BCUT2D eigenvalue weighted by molar-refractivity contribution is -0.115. The Balaban J connectivity index is 2.09. The van der Waals surface area contributed by atoms with Crippen LogP contribution in [0.1, 0.15) is 5.56 Å². The molecule has 0 radical (unpaired) electrons. The van der Waals surface area contributed by atoms with Crippen molar-refractivity contribution in [3.8, 4) is 0 Å². The van der Waals surface area contributed by atoms with E-state index in [0.717, 1.165) is 12.1 Å². The standard InChI is InChI=1S/C14H9F3INO/c15-9-2-1-8(11(17)6-9)5-14(20)19-13-4-3-10(16)7-12(13)18/h1-4,6-7H,5H2,(H,19,20). The highest BCUT2D eigenvalue weighted by Crippen LogP contribution is 2.19. The Morgan fingerprint density at radius 2 is 1.70 bits per heavy atom. The second-order valence-corrected chi connectivity index (χ2v) is 5.25. The largest absolute Gasteiger partial charge is 0.325 e. The SMILES string of the molecule is O=C(Cc1ccc(F)cc1F)Nc1ccc(F)cc1I. The van der Waals surface area contributed by atoms with Gasteiger partial charge in [-0.25, -0.2) is 13.2 Å². The zero-order chi connectivity index (χ0) is 14.7. The predicted molar refractivity (Wildman–Crippen MR) is 77.8 cm³/mol. The van der Waals surface area contributed by atoms with Gasteiger partial charge in [-0.1, -0.05) is 6.07 Å². The number of anilines is 1. The summed E-state index contributed by atoms with van der Waals surface area (Å²) >= 11 is 1.88. The van der Waals surface area contributed by atoms with Gasteiger partial charge in [0.05, 0.1) is 12.1 Å². The van der Waals surface area contributed by atoms with Crippen LogP contribution in [0.15, 0.2) is 36.4 Å². The molecule has 1 amide bonds. The third-order valence-corrected chi connectivity index (χ3v) is 3.46. The van der Waals surface area contributed by atoms with Crippen molar-refractivity contribution < 1.29 is 18.0 Å². The first-order valence-electron chi connectivity index (χ1n) is 5.64. The van der Waals surface area contributed by atoms with Gasteiger partial charge in [-0.15, -0.1) is 0 Å². The zero-order valence-corrected chi connectivity index (χ0v) is 12.2. The summed E-state index contributed by atoms with van der Waals surface area (Å²) in [5.41, 5.74) is 0.542. The maximum atomic E-state index is 13.4. The van der Waals surface area contributed by atoms with E-state index in [1.165, 1.54) is 24.3 Å². The summed E-state index contributed by atoms with van der Waals surface area (Å²) in [6.07, 6.45) is -0.223. The molecule has 0 heterocycles. The van der Waals surface area contributed by atoms with E-state index in [2.05, 4.69) is 5.32 Å². The average Bonchev–Trinajstić information content (AvgIpc) is 2.36. The van der Waals surface area contributed by atoms with Gasteiger partial charge in [-0.3, -0.25) is 4.79 Å². The number of rotatable bonds is 3. The normalized spacial score (nSPS) is 10.4. The molecule has 0 aliphatic carbocycles. The van der Waals surface area contributed by atoms with Crippen LogP contribution < -0.4 is 5.32 Å². The molecule has 0 spiro atoms. The van der Waals surface area contributed by atoms with Crippen molar-refractivity contribution in [2.45, 2.75) is 6.42 Å². The van der Waals surface area contributed by atoms with E-state index in [1.807, 2.05) is 22.6 Å². The summed E-state index contributed by atoms with van der Waals surface area (Å²) in [6, 6.07) is 6.96. The van der Waals surface area contributed by atoms with Crippen molar-refractivity contribution >= 4 is 34.2 Å². The number of nitrogens with one attached hydrogen (secondary N) is 1. The second kappa shape index (κ2) is 6.25. The Morgan fingerprint density at radius 3 is 2.35 bits per heavy atom. The van der Waals surface area contributed by atoms with Crippen LogP contribution in [0.4, 0.5) is 18.9 Å². The number of halogens is 4. The minimum Gasteiger partial charge on any atom is -0.325 e. The molecule has 0 aliphatic heterocycles. The molecule has 2 aromatic rings. The highest BCUT2D eigenvalue weighted by molar-refractivity contribution is 14.1. The lowest BCUT2D eigenvalue weighted by Gasteiger charge is -2.08. The molecule has 104 valence electrons. The van der Waals surface area contributed by atoms with Crippen LogP contribution in [-0.4, -0.2) is 5.91 Å². The zero-order valence-electron chi connectivity index (χ0n) is 10.1. The molecule has 1 N–H and O–H groups in total. The number of amides is 1. The molecule has 0 fully saturated rings. The summed E-state index contributed by atoms with van der Waals surface area (Å²) in [5, 5.41) is 2.55. The van der Waals surface area contributed by atoms with E-state index in [9.17, 15) is 18.0 Å². The minimum atomic E-state index is -0.769. The molecule has 0 aliphatic rings. The van der Waals surface area contributed by atoms with Crippen LogP contribution in [0.3, 0.4) is 0 Å². The van der Waals surface area contributed by atoms with Crippen molar-refractivity contribution in [1.82, 2.24) is 0 Å². The summed E-state index contributed by atoms with van der Waals surface area (Å²) in [4.78, 5) is 11.8. The third-order valence-electron chi connectivity index (χ3n) is 2.57. The lowest BCUT2D eigenvalue weighted by atomic mass is 10.1. The van der Waals surface area contributed by atoms with Crippen LogP contribution >= 0.6 is 22.6 Å². The van der Waals surface area contributed by atoms with Gasteiger partial charge in [-0.2, -0.15) is 0 Å². The summed E-state index contributed by atoms with van der Waals surface area (Å²) < 4.78 is 39.6. The van der Waals surface area contributed by atoms with Crippen molar-refractivity contribution in [2.24, 2.45) is 0 Å². The fraction of sp³-hybridized carbons (Fsp3) is 0.0714. The number of carbonyl (C=O) groups excluding carboxylic acids is 1. The molecule has 0 bridgehead atoms. The van der Waals surface area contributed by atoms with Crippen LogP contribution in [0.2, 0.25) is 0 Å². The third kappa shape index (κ3) is 3.72. The molecule has 0 saturated carbocycles. The fourth-order valence-electron chi connectivity index (χ4n) is 1.62. The molecule has 2 nitrogen and oxygen atoms in total. The lowest BCUT2D eigenvalue weighted by Crippen LogP contribution is -2.16. The predicted octanol–water partition coefficient (Wildman–Crippen LogP) is 3.89. The molecule has 0 atom stereocenters. The van der Waals surface area contributed by atoms with Crippen LogP contribution in [0.5, 0.6) is 0 Å². The van der Waals surface area contributed by atoms with E-state index in [0.29, 0.717) is 9.26 Å². The van der Waals surface area contributed by atoms with E-state index < -0.39 is 23.4 Å². The Morgan fingerprint density at radius 1 is 1.05 bits per heavy atom. The Hall–Kier alpha value is -1.57. The summed E-state index contributed by atoms with van der Waals surface area (Å²) in [6.45, 7) is 0. The van der Waals surface area contributed by atoms with Crippen molar-refractivity contribution in [3.05, 3.63) is 63.0 Å². The summed E-state index contributed by atoms with van der Waals surface area (Å²) in [5.74, 6) is -2.33. The first kappa shape index (κ1) is 14.8. The molecule has 20 heavy (non-hydrogen) atoms. The highest BCUT2D eigenvalue weighted by Gasteiger charge is 2.11. The van der Waals surface area contributed by atoms with E-state index >= 15 is 0 Å². The van der Waals surface area contributed by atoms with E-state index in [1.54, 1.807) is 0 Å². The topological polar surface area (TPSA) is 29.1 Å². The molecule has 2 aromatic carbocycles. The first-order chi connectivity index (χ1) is 9.45. The monoisotopic (exact) mass is 391 g/mol. The number of hydrogen-bond acceptors (Lipinski definition) is 1. The van der Waals surface area contributed by atoms with Gasteiger partial charge in [0.2, 0.25) is 5.91 Å². The Kier molecular flexibility index (Phi) is 4.64. The Labute approximate surface area is 127 Å². The van der Waals surface area contributed by atoms with E-state index in [-0.39, 0.29) is 12.0 Å². The first-order valence-corrected chi connectivity index (χ1v) is 6.72. The Bertz CT molecular complexity index is 605. The van der Waals surface area contributed by atoms with Gasteiger partial charge < -0.3 is 5.32 Å². The minimum absolute atomic E-state index is 0.0982. The van der Waals surface area contributed by atoms with Crippen LogP contribution in [-0.2, 0) is 11.2 Å². The molecular formula is C14H9F3INO. The molecule has 6 heteroatoms. The van der Waals surface area contributed by atoms with Crippen molar-refractivity contribution in [2.75, 3.05) is 5.32 Å². The maximum Gasteiger partial charge on any atom is 0.228 e. The van der Waals surface area contributed by atoms with Gasteiger partial charge in [-0.05, 0) is 52.4 Å². The quantitative estimate of drug-likeness (QED) is 0.791. The van der Waals surface area contributed by atoms with Crippen LogP contribution in [0, 0.1) is 21.0 Å². The molecule has 2 rings (SSSR count). The molecular weight excluding hydrogens is 382 g/mol. The van der Waals surface area contributed by atoms with Crippen molar-refractivity contribution in [3.63, 3.8) is 0 Å². The number of hydrogen-bond donors (Lipinski definition) is 1. The maximum absolute atomic E-state index is 13.4.